The molecule has 0 radical (unpaired) electrons. The Morgan fingerprint density at radius 2 is 1.89 bits per heavy atom. The zero-order valence-electron chi connectivity index (χ0n) is 10.4. The molecule has 5 heteroatoms. The summed E-state index contributed by atoms with van der Waals surface area (Å²) in [5.41, 5.74) is -0.973. The van der Waals surface area contributed by atoms with Gasteiger partial charge in [-0.15, -0.1) is 0 Å². The standard InChI is InChI=1S/C13H16O5/c1-13(2,16)12(15)10-3-5-11(6-4-10)18-8-7-17-9-14/h3-6,9,16H,7-8H2,1-2H3. The molecule has 0 unspecified atom stereocenters. The van der Waals surface area contributed by atoms with Gasteiger partial charge >= 0.3 is 0 Å². The molecule has 0 fully saturated rings. The molecule has 0 saturated carbocycles. The van der Waals surface area contributed by atoms with E-state index >= 15 is 0 Å². The van der Waals surface area contributed by atoms with Crippen LogP contribution in [0.3, 0.4) is 0 Å². The predicted octanol–water partition coefficient (Wildman–Crippen LogP) is 1.19. The highest BCUT2D eigenvalue weighted by molar-refractivity contribution is 6.01. The summed E-state index contributed by atoms with van der Waals surface area (Å²) >= 11 is 0. The zero-order chi connectivity index (χ0) is 13.6. The maximum atomic E-state index is 11.7. The molecule has 0 atom stereocenters. The normalized spacial score (nSPS) is 10.8. The third kappa shape index (κ3) is 4.18. The summed E-state index contributed by atoms with van der Waals surface area (Å²) in [6, 6.07) is 6.41. The molecule has 0 spiro atoms. The Kier molecular flexibility index (Phi) is 4.85. The molecule has 1 N–H and O–H groups in total. The van der Waals surface area contributed by atoms with Crippen molar-refractivity contribution in [1.82, 2.24) is 0 Å². The molecule has 0 bridgehead atoms. The van der Waals surface area contributed by atoms with Gasteiger partial charge in [0.15, 0.2) is 5.78 Å². The van der Waals surface area contributed by atoms with E-state index < -0.39 is 5.60 Å². The Balaban J connectivity index is 2.57. The van der Waals surface area contributed by atoms with Crippen molar-refractivity contribution in [2.75, 3.05) is 13.2 Å². The first kappa shape index (κ1) is 14.2. The van der Waals surface area contributed by atoms with E-state index in [0.717, 1.165) is 0 Å². The van der Waals surface area contributed by atoms with Crippen LogP contribution in [0.25, 0.3) is 0 Å². The lowest BCUT2D eigenvalue weighted by Crippen LogP contribution is -2.30. The van der Waals surface area contributed by atoms with Crippen LogP contribution in [-0.4, -0.2) is 36.2 Å². The molecule has 0 aliphatic carbocycles. The molecule has 1 aromatic carbocycles. The largest absolute Gasteiger partial charge is 0.490 e. The van der Waals surface area contributed by atoms with E-state index in [1.165, 1.54) is 13.8 Å². The van der Waals surface area contributed by atoms with Crippen molar-refractivity contribution in [2.24, 2.45) is 0 Å². The van der Waals surface area contributed by atoms with Crippen LogP contribution in [0.5, 0.6) is 5.75 Å². The minimum atomic E-state index is -1.39. The Bertz CT molecular complexity index is 402. The molecule has 1 rings (SSSR count). The summed E-state index contributed by atoms with van der Waals surface area (Å²) in [6.07, 6.45) is 0. The van der Waals surface area contributed by atoms with Gasteiger partial charge in [0.05, 0.1) is 0 Å². The molecule has 0 aliphatic rings. The quantitative estimate of drug-likeness (QED) is 0.448. The second kappa shape index (κ2) is 6.16. The van der Waals surface area contributed by atoms with Gasteiger partial charge in [-0.1, -0.05) is 0 Å². The van der Waals surface area contributed by atoms with Crippen molar-refractivity contribution in [2.45, 2.75) is 19.4 Å². The molecule has 0 amide bonds. The van der Waals surface area contributed by atoms with E-state index in [2.05, 4.69) is 4.74 Å². The number of ketones is 1. The van der Waals surface area contributed by atoms with Crippen LogP contribution in [0.2, 0.25) is 0 Å². The lowest BCUT2D eigenvalue weighted by atomic mass is 9.97. The van der Waals surface area contributed by atoms with Crippen LogP contribution in [0.4, 0.5) is 0 Å². The lowest BCUT2D eigenvalue weighted by molar-refractivity contribution is -0.129. The molecule has 0 aliphatic heterocycles. The SMILES string of the molecule is CC(C)(O)C(=O)c1ccc(OCCOC=O)cc1. The molecular weight excluding hydrogens is 236 g/mol. The van der Waals surface area contributed by atoms with Gasteiger partial charge < -0.3 is 14.6 Å². The molecule has 0 aromatic heterocycles. The fraction of sp³-hybridized carbons (Fsp3) is 0.385. The summed E-state index contributed by atoms with van der Waals surface area (Å²) in [6.45, 7) is 3.66. The van der Waals surface area contributed by atoms with Gasteiger partial charge in [-0.2, -0.15) is 0 Å². The van der Waals surface area contributed by atoms with Crippen LogP contribution in [0, 0.1) is 0 Å². The van der Waals surface area contributed by atoms with E-state index in [9.17, 15) is 14.7 Å². The molecule has 5 nitrogen and oxygen atoms in total. The van der Waals surface area contributed by atoms with E-state index in [1.54, 1.807) is 24.3 Å². The first-order valence-electron chi connectivity index (χ1n) is 5.50. The van der Waals surface area contributed by atoms with Crippen molar-refractivity contribution in [3.63, 3.8) is 0 Å². The van der Waals surface area contributed by atoms with Gasteiger partial charge in [0.2, 0.25) is 0 Å². The first-order valence-corrected chi connectivity index (χ1v) is 5.50. The average Bonchev–Trinajstić information content (AvgIpc) is 2.33. The first-order chi connectivity index (χ1) is 8.45. The number of Topliss-reactive ketones (excluding diaryl/α,β-unsaturated/α-hetero) is 1. The second-order valence-corrected chi connectivity index (χ2v) is 4.23. The fourth-order valence-electron chi connectivity index (χ4n) is 1.31. The summed E-state index contributed by atoms with van der Waals surface area (Å²) < 4.78 is 9.74. The summed E-state index contributed by atoms with van der Waals surface area (Å²) in [5, 5.41) is 9.58. The van der Waals surface area contributed by atoms with E-state index in [-0.39, 0.29) is 19.0 Å². The van der Waals surface area contributed by atoms with Gasteiger partial charge in [-0.05, 0) is 38.1 Å². The minimum absolute atomic E-state index is 0.174. The third-order valence-corrected chi connectivity index (χ3v) is 2.21. The van der Waals surface area contributed by atoms with Crippen LogP contribution >= 0.6 is 0 Å². The zero-order valence-corrected chi connectivity index (χ0v) is 10.4. The Labute approximate surface area is 105 Å². The van der Waals surface area contributed by atoms with Gasteiger partial charge in [-0.25, -0.2) is 0 Å². The number of carbonyl (C=O) groups excluding carboxylic acids is 2. The molecule has 1 aromatic rings. The Morgan fingerprint density at radius 1 is 1.28 bits per heavy atom. The summed E-state index contributed by atoms with van der Waals surface area (Å²) in [7, 11) is 0. The van der Waals surface area contributed by atoms with E-state index in [1.807, 2.05) is 0 Å². The number of hydrogen-bond acceptors (Lipinski definition) is 5. The van der Waals surface area contributed by atoms with Crippen molar-refractivity contribution in [3.8, 4) is 5.75 Å². The topological polar surface area (TPSA) is 72.8 Å². The highest BCUT2D eigenvalue weighted by Gasteiger charge is 2.24. The molecule has 0 saturated heterocycles. The Morgan fingerprint density at radius 3 is 2.39 bits per heavy atom. The average molecular weight is 252 g/mol. The highest BCUT2D eigenvalue weighted by atomic mass is 16.5. The maximum Gasteiger partial charge on any atom is 0.293 e. The number of carbonyl (C=O) groups is 2. The summed E-state index contributed by atoms with van der Waals surface area (Å²) in [5.74, 6) is 0.218. The monoisotopic (exact) mass is 252 g/mol. The Hall–Kier alpha value is -1.88. The molecular formula is C13H16O5. The number of aliphatic hydroxyl groups is 1. The fourth-order valence-corrected chi connectivity index (χ4v) is 1.31. The van der Waals surface area contributed by atoms with Crippen LogP contribution < -0.4 is 4.74 Å². The van der Waals surface area contributed by atoms with E-state index in [0.29, 0.717) is 17.8 Å². The minimum Gasteiger partial charge on any atom is -0.490 e. The highest BCUT2D eigenvalue weighted by Crippen LogP contribution is 2.16. The van der Waals surface area contributed by atoms with Crippen molar-refractivity contribution in [3.05, 3.63) is 29.8 Å². The molecule has 18 heavy (non-hydrogen) atoms. The van der Waals surface area contributed by atoms with Crippen molar-refractivity contribution >= 4 is 12.3 Å². The van der Waals surface area contributed by atoms with Crippen molar-refractivity contribution in [1.29, 1.82) is 0 Å². The van der Waals surface area contributed by atoms with Gasteiger partial charge in [0.1, 0.15) is 24.6 Å². The van der Waals surface area contributed by atoms with E-state index in [4.69, 9.17) is 4.74 Å². The van der Waals surface area contributed by atoms with Gasteiger partial charge in [0, 0.05) is 5.56 Å². The third-order valence-electron chi connectivity index (χ3n) is 2.21. The van der Waals surface area contributed by atoms with Crippen LogP contribution in [0.1, 0.15) is 24.2 Å². The van der Waals surface area contributed by atoms with Gasteiger partial charge in [-0.3, -0.25) is 9.59 Å². The molecule has 0 heterocycles. The smallest absolute Gasteiger partial charge is 0.293 e. The lowest BCUT2D eigenvalue weighted by Gasteiger charge is -2.15. The van der Waals surface area contributed by atoms with Crippen molar-refractivity contribution < 1.29 is 24.2 Å². The second-order valence-electron chi connectivity index (χ2n) is 4.23. The number of benzene rings is 1. The van der Waals surface area contributed by atoms with Crippen LogP contribution in [0.15, 0.2) is 24.3 Å². The summed E-state index contributed by atoms with van der Waals surface area (Å²) in [4.78, 5) is 21.6. The number of ether oxygens (including phenoxy) is 2. The number of hydrogen-bond donors (Lipinski definition) is 1. The predicted molar refractivity (Wildman–Crippen MR) is 64.6 cm³/mol. The van der Waals surface area contributed by atoms with Gasteiger partial charge in [0.25, 0.3) is 6.47 Å². The number of rotatable bonds is 7. The van der Waals surface area contributed by atoms with Crippen LogP contribution in [-0.2, 0) is 9.53 Å². The maximum absolute atomic E-state index is 11.7. The molecule has 98 valence electrons.